The van der Waals surface area contributed by atoms with E-state index in [1.165, 1.54) is 11.5 Å². The molecule has 1 saturated carbocycles. The van der Waals surface area contributed by atoms with Gasteiger partial charge in [-0.3, -0.25) is 0 Å². The Balaban J connectivity index is 2.13. The summed E-state index contributed by atoms with van der Waals surface area (Å²) in [5.74, 6) is -2.60. The van der Waals surface area contributed by atoms with Crippen molar-refractivity contribution in [1.82, 2.24) is 4.37 Å². The second-order valence-corrected chi connectivity index (χ2v) is 4.46. The van der Waals surface area contributed by atoms with Crippen molar-refractivity contribution in [2.75, 3.05) is 0 Å². The second kappa shape index (κ2) is 3.24. The number of hydrogen-bond donors (Lipinski definition) is 1. The van der Waals surface area contributed by atoms with Crippen molar-refractivity contribution >= 4 is 11.5 Å². The molecular weight excluding hydrogens is 208 g/mol. The Labute approximate surface area is 84.7 Å². The standard InChI is InChI=1S/C9H11F2NOS/c10-9(11)3-1-8(13,2-4-9)7-5-12-14-6-7/h5-6,13H,1-4H2. The van der Waals surface area contributed by atoms with E-state index >= 15 is 0 Å². The normalized spacial score (nSPS) is 24.8. The molecule has 1 heterocycles. The molecule has 1 aromatic rings. The van der Waals surface area contributed by atoms with E-state index in [0.29, 0.717) is 5.56 Å². The second-order valence-electron chi connectivity index (χ2n) is 3.80. The van der Waals surface area contributed by atoms with Crippen LogP contribution in [0.5, 0.6) is 0 Å². The highest BCUT2D eigenvalue weighted by atomic mass is 32.1. The molecule has 14 heavy (non-hydrogen) atoms. The van der Waals surface area contributed by atoms with Gasteiger partial charge in [-0.05, 0) is 24.4 Å². The van der Waals surface area contributed by atoms with Crippen LogP contribution in [0.25, 0.3) is 0 Å². The fraction of sp³-hybridized carbons (Fsp3) is 0.667. The maximum Gasteiger partial charge on any atom is 0.248 e. The van der Waals surface area contributed by atoms with Crippen LogP contribution in [0.3, 0.4) is 0 Å². The van der Waals surface area contributed by atoms with Crippen LogP contribution in [-0.2, 0) is 5.60 Å². The number of aromatic nitrogens is 1. The fourth-order valence-electron chi connectivity index (χ4n) is 1.75. The summed E-state index contributed by atoms with van der Waals surface area (Å²) in [5, 5.41) is 11.8. The lowest BCUT2D eigenvalue weighted by atomic mass is 9.79. The molecule has 0 aliphatic heterocycles. The average molecular weight is 219 g/mol. The summed E-state index contributed by atoms with van der Waals surface area (Å²) >= 11 is 1.23. The van der Waals surface area contributed by atoms with Crippen molar-refractivity contribution in [3.8, 4) is 0 Å². The summed E-state index contributed by atoms with van der Waals surface area (Å²) in [6.45, 7) is 0. The SMILES string of the molecule is OC1(c2cnsc2)CCC(F)(F)CC1. The highest BCUT2D eigenvalue weighted by Gasteiger charge is 2.43. The lowest BCUT2D eigenvalue weighted by Gasteiger charge is -2.35. The Bertz CT molecular complexity index is 303. The third-order valence-corrected chi connectivity index (χ3v) is 3.36. The fourth-order valence-corrected chi connectivity index (χ4v) is 2.38. The zero-order valence-electron chi connectivity index (χ0n) is 7.54. The Morgan fingerprint density at radius 3 is 2.43 bits per heavy atom. The van der Waals surface area contributed by atoms with Crippen LogP contribution in [0.4, 0.5) is 8.78 Å². The minimum Gasteiger partial charge on any atom is -0.385 e. The molecular formula is C9H11F2NOS. The first kappa shape index (κ1) is 9.98. The first-order valence-electron chi connectivity index (χ1n) is 4.52. The van der Waals surface area contributed by atoms with Crippen molar-refractivity contribution in [3.63, 3.8) is 0 Å². The van der Waals surface area contributed by atoms with E-state index in [1.807, 2.05) is 0 Å². The number of alkyl halides is 2. The zero-order valence-corrected chi connectivity index (χ0v) is 8.36. The molecule has 1 aliphatic carbocycles. The Morgan fingerprint density at radius 2 is 1.93 bits per heavy atom. The topological polar surface area (TPSA) is 33.1 Å². The van der Waals surface area contributed by atoms with Gasteiger partial charge in [0.05, 0.1) is 5.60 Å². The molecule has 1 fully saturated rings. The molecule has 0 spiro atoms. The Kier molecular flexibility index (Phi) is 2.31. The summed E-state index contributed by atoms with van der Waals surface area (Å²) in [6.07, 6.45) is 1.34. The van der Waals surface area contributed by atoms with Crippen molar-refractivity contribution in [1.29, 1.82) is 0 Å². The minimum absolute atomic E-state index is 0.123. The van der Waals surface area contributed by atoms with E-state index in [1.54, 1.807) is 11.6 Å². The van der Waals surface area contributed by atoms with Crippen LogP contribution in [-0.4, -0.2) is 15.4 Å². The Hall–Kier alpha value is -0.550. The van der Waals surface area contributed by atoms with Crippen LogP contribution < -0.4 is 0 Å². The van der Waals surface area contributed by atoms with E-state index < -0.39 is 11.5 Å². The highest BCUT2D eigenvalue weighted by Crippen LogP contribution is 2.43. The van der Waals surface area contributed by atoms with Crippen LogP contribution in [0, 0.1) is 0 Å². The largest absolute Gasteiger partial charge is 0.385 e. The smallest absolute Gasteiger partial charge is 0.248 e. The quantitative estimate of drug-likeness (QED) is 0.787. The van der Waals surface area contributed by atoms with Crippen LogP contribution in [0.15, 0.2) is 11.6 Å². The predicted octanol–water partition coefficient (Wildman–Crippen LogP) is 2.54. The molecule has 1 aliphatic rings. The average Bonchev–Trinajstić information content (AvgIpc) is 2.64. The van der Waals surface area contributed by atoms with E-state index in [-0.39, 0.29) is 25.7 Å². The van der Waals surface area contributed by atoms with Crippen molar-refractivity contribution in [2.24, 2.45) is 0 Å². The number of nitrogens with zero attached hydrogens (tertiary/aromatic N) is 1. The molecule has 5 heteroatoms. The van der Waals surface area contributed by atoms with Crippen LogP contribution in [0.2, 0.25) is 0 Å². The summed E-state index contributed by atoms with van der Waals surface area (Å²) in [4.78, 5) is 0. The number of halogens is 2. The number of hydrogen-bond acceptors (Lipinski definition) is 3. The number of aliphatic hydroxyl groups is 1. The molecule has 2 nitrogen and oxygen atoms in total. The van der Waals surface area contributed by atoms with Gasteiger partial charge >= 0.3 is 0 Å². The molecule has 0 aromatic carbocycles. The molecule has 0 unspecified atom stereocenters. The Morgan fingerprint density at radius 1 is 1.29 bits per heavy atom. The van der Waals surface area contributed by atoms with E-state index in [0.717, 1.165) is 0 Å². The van der Waals surface area contributed by atoms with Gasteiger partial charge in [0.15, 0.2) is 0 Å². The lowest BCUT2D eigenvalue weighted by molar-refractivity contribution is -0.106. The van der Waals surface area contributed by atoms with Crippen LogP contribution in [0.1, 0.15) is 31.2 Å². The molecule has 0 atom stereocenters. The maximum atomic E-state index is 12.9. The van der Waals surface area contributed by atoms with Gasteiger partial charge in [0.25, 0.3) is 0 Å². The molecule has 0 amide bonds. The zero-order chi connectivity index (χ0) is 10.2. The van der Waals surface area contributed by atoms with E-state index in [2.05, 4.69) is 4.37 Å². The van der Waals surface area contributed by atoms with Crippen molar-refractivity contribution in [3.05, 3.63) is 17.1 Å². The molecule has 0 saturated heterocycles. The monoisotopic (exact) mass is 219 g/mol. The summed E-state index contributed by atoms with van der Waals surface area (Å²) in [7, 11) is 0. The molecule has 1 N–H and O–H groups in total. The van der Waals surface area contributed by atoms with Gasteiger partial charge in [-0.2, -0.15) is 0 Å². The third kappa shape index (κ3) is 1.79. The molecule has 1 aromatic heterocycles. The van der Waals surface area contributed by atoms with Crippen molar-refractivity contribution < 1.29 is 13.9 Å². The van der Waals surface area contributed by atoms with Gasteiger partial charge in [0, 0.05) is 30.0 Å². The third-order valence-electron chi connectivity index (χ3n) is 2.78. The molecule has 0 radical (unpaired) electrons. The highest BCUT2D eigenvalue weighted by molar-refractivity contribution is 7.03. The van der Waals surface area contributed by atoms with E-state index in [4.69, 9.17) is 0 Å². The summed E-state index contributed by atoms with van der Waals surface area (Å²) in [6, 6.07) is 0. The molecule has 2 rings (SSSR count). The lowest BCUT2D eigenvalue weighted by Crippen LogP contribution is -2.36. The van der Waals surface area contributed by atoms with Gasteiger partial charge in [-0.1, -0.05) is 0 Å². The maximum absolute atomic E-state index is 12.9. The number of rotatable bonds is 1. The van der Waals surface area contributed by atoms with Crippen molar-refractivity contribution in [2.45, 2.75) is 37.2 Å². The van der Waals surface area contributed by atoms with Gasteiger partial charge in [0.2, 0.25) is 5.92 Å². The van der Waals surface area contributed by atoms with Gasteiger partial charge < -0.3 is 5.11 Å². The first-order chi connectivity index (χ1) is 6.52. The molecule has 0 bridgehead atoms. The van der Waals surface area contributed by atoms with E-state index in [9.17, 15) is 13.9 Å². The van der Waals surface area contributed by atoms with Crippen LogP contribution >= 0.6 is 11.5 Å². The van der Waals surface area contributed by atoms with Gasteiger partial charge in [-0.25, -0.2) is 13.2 Å². The van der Waals surface area contributed by atoms with Gasteiger partial charge in [-0.15, -0.1) is 0 Å². The minimum atomic E-state index is -2.60. The first-order valence-corrected chi connectivity index (χ1v) is 5.36. The van der Waals surface area contributed by atoms with Gasteiger partial charge in [0.1, 0.15) is 0 Å². The molecule has 78 valence electrons. The summed E-state index contributed by atoms with van der Waals surface area (Å²) in [5.41, 5.74) is -0.396. The summed E-state index contributed by atoms with van der Waals surface area (Å²) < 4.78 is 29.6. The predicted molar refractivity (Wildman–Crippen MR) is 49.4 cm³/mol.